The maximum atomic E-state index is 11.9. The maximum Gasteiger partial charge on any atom is 0.402 e. The molecule has 0 radical (unpaired) electrons. The molecule has 8 heteroatoms. The lowest BCUT2D eigenvalue weighted by molar-refractivity contribution is -0.179. The highest BCUT2D eigenvalue weighted by Crippen LogP contribution is 2.25. The molecule has 0 heterocycles. The molecule has 0 fully saturated rings. The summed E-state index contributed by atoms with van der Waals surface area (Å²) in [6, 6.07) is -1.14. The van der Waals surface area contributed by atoms with Crippen molar-refractivity contribution in [1.82, 2.24) is 5.32 Å². The molecule has 0 bridgehead atoms. The minimum absolute atomic E-state index is 0.936. The Labute approximate surface area is 71.2 Å². The van der Waals surface area contributed by atoms with E-state index in [-0.39, 0.29) is 0 Å². The summed E-state index contributed by atoms with van der Waals surface area (Å²) in [7, 11) is 0. The van der Waals surface area contributed by atoms with E-state index in [1.54, 1.807) is 5.32 Å². The minimum atomic E-state index is -4.77. The molecular weight excluding hydrogens is 191 g/mol. The molecule has 76 valence electrons. The number of hydrogen-bond acceptors (Lipinski definition) is 2. The highest BCUT2D eigenvalue weighted by atomic mass is 19.4. The van der Waals surface area contributed by atoms with Crippen LogP contribution in [0.1, 0.15) is 0 Å². The van der Waals surface area contributed by atoms with Crippen molar-refractivity contribution >= 4 is 11.9 Å². The Morgan fingerprint density at radius 2 is 1.77 bits per heavy atom. The molecule has 0 aliphatic rings. The van der Waals surface area contributed by atoms with Gasteiger partial charge in [-0.25, -0.2) is 4.79 Å². The predicted molar refractivity (Wildman–Crippen MR) is 36.3 cm³/mol. The van der Waals surface area contributed by atoms with Crippen molar-refractivity contribution in [2.24, 2.45) is 17.4 Å². The summed E-state index contributed by atoms with van der Waals surface area (Å²) in [4.78, 5) is 20.3. The monoisotopic (exact) mass is 199 g/mol. The molecule has 3 amide bonds. The Balaban J connectivity index is 4.28. The smallest absolute Gasteiger partial charge is 0.369 e. The molecule has 1 atom stereocenters. The van der Waals surface area contributed by atoms with Gasteiger partial charge in [0, 0.05) is 6.54 Å². The second-order valence-corrected chi connectivity index (χ2v) is 2.24. The number of rotatable bonds is 3. The summed E-state index contributed by atoms with van der Waals surface area (Å²) < 4.78 is 35.8. The number of nitrogens with one attached hydrogen (secondary N) is 1. The first kappa shape index (κ1) is 11.5. The fraction of sp³-hybridized carbons (Fsp3) is 0.600. The van der Waals surface area contributed by atoms with Crippen LogP contribution in [0.4, 0.5) is 18.0 Å². The van der Waals surface area contributed by atoms with Crippen LogP contribution in [0.15, 0.2) is 0 Å². The van der Waals surface area contributed by atoms with Crippen molar-refractivity contribution in [3.8, 4) is 0 Å². The van der Waals surface area contributed by atoms with Gasteiger partial charge in [0.05, 0.1) is 0 Å². The van der Waals surface area contributed by atoms with Crippen molar-refractivity contribution in [3.05, 3.63) is 0 Å². The van der Waals surface area contributed by atoms with Gasteiger partial charge in [0.2, 0.25) is 5.91 Å². The van der Waals surface area contributed by atoms with Gasteiger partial charge in [0.15, 0.2) is 5.92 Å². The zero-order chi connectivity index (χ0) is 10.6. The van der Waals surface area contributed by atoms with Gasteiger partial charge in [0.1, 0.15) is 0 Å². The summed E-state index contributed by atoms with van der Waals surface area (Å²) >= 11 is 0. The summed E-state index contributed by atoms with van der Waals surface area (Å²) in [5.74, 6) is -3.96. The number of alkyl halides is 3. The molecule has 0 saturated heterocycles. The lowest BCUT2D eigenvalue weighted by atomic mass is 10.1. The molecule has 5 N–H and O–H groups in total. The average molecular weight is 199 g/mol. The lowest BCUT2D eigenvalue weighted by Crippen LogP contribution is -2.45. The topological polar surface area (TPSA) is 98.2 Å². The Bertz CT molecular complexity index is 216. The van der Waals surface area contributed by atoms with Gasteiger partial charge in [-0.1, -0.05) is 0 Å². The minimum Gasteiger partial charge on any atom is -0.369 e. The van der Waals surface area contributed by atoms with E-state index < -0.39 is 30.6 Å². The van der Waals surface area contributed by atoms with E-state index in [0.717, 1.165) is 0 Å². The van der Waals surface area contributed by atoms with Crippen LogP contribution in [-0.2, 0) is 4.79 Å². The molecule has 0 aromatic heterocycles. The molecule has 1 unspecified atom stereocenters. The fourth-order valence-corrected chi connectivity index (χ4v) is 0.580. The van der Waals surface area contributed by atoms with E-state index in [9.17, 15) is 22.8 Å². The second kappa shape index (κ2) is 3.97. The summed E-state index contributed by atoms with van der Waals surface area (Å²) in [5.41, 5.74) is 8.97. The number of nitrogens with two attached hydrogens (primary N) is 2. The third-order valence-corrected chi connectivity index (χ3v) is 1.22. The largest absolute Gasteiger partial charge is 0.402 e. The fourth-order valence-electron chi connectivity index (χ4n) is 0.580. The number of hydrogen-bond donors (Lipinski definition) is 3. The Morgan fingerprint density at radius 3 is 2.00 bits per heavy atom. The van der Waals surface area contributed by atoms with Crippen LogP contribution in [0.5, 0.6) is 0 Å². The SMILES string of the molecule is NC(=O)NCC(C(N)=O)C(F)(F)F. The lowest BCUT2D eigenvalue weighted by Gasteiger charge is -2.16. The molecule has 0 rings (SSSR count). The van der Waals surface area contributed by atoms with Crippen molar-refractivity contribution in [3.63, 3.8) is 0 Å². The van der Waals surface area contributed by atoms with E-state index >= 15 is 0 Å². The number of urea groups is 1. The van der Waals surface area contributed by atoms with Crippen molar-refractivity contribution < 1.29 is 22.8 Å². The Morgan fingerprint density at radius 1 is 1.31 bits per heavy atom. The number of carbonyl (C=O) groups excluding carboxylic acids is 2. The maximum absolute atomic E-state index is 11.9. The van der Waals surface area contributed by atoms with Crippen LogP contribution in [0.3, 0.4) is 0 Å². The van der Waals surface area contributed by atoms with E-state index in [2.05, 4.69) is 11.5 Å². The van der Waals surface area contributed by atoms with Crippen LogP contribution >= 0.6 is 0 Å². The van der Waals surface area contributed by atoms with Crippen LogP contribution in [0.25, 0.3) is 0 Å². The van der Waals surface area contributed by atoms with Gasteiger partial charge in [-0.15, -0.1) is 0 Å². The number of amides is 3. The van der Waals surface area contributed by atoms with Crippen molar-refractivity contribution in [2.75, 3.05) is 6.54 Å². The van der Waals surface area contributed by atoms with E-state index in [0.29, 0.717) is 0 Å². The summed E-state index contributed by atoms with van der Waals surface area (Å²) in [6.07, 6.45) is -4.77. The Kier molecular flexibility index (Phi) is 3.52. The van der Waals surface area contributed by atoms with Gasteiger partial charge in [0.25, 0.3) is 0 Å². The van der Waals surface area contributed by atoms with Crippen molar-refractivity contribution in [2.45, 2.75) is 6.18 Å². The van der Waals surface area contributed by atoms with Gasteiger partial charge in [-0.2, -0.15) is 13.2 Å². The summed E-state index contributed by atoms with van der Waals surface area (Å²) in [5, 5.41) is 1.65. The molecule has 0 spiro atoms. The van der Waals surface area contributed by atoms with Gasteiger partial charge in [-0.05, 0) is 0 Å². The van der Waals surface area contributed by atoms with Crippen LogP contribution in [0.2, 0.25) is 0 Å². The third kappa shape index (κ3) is 4.19. The molecule has 0 aromatic carbocycles. The van der Waals surface area contributed by atoms with E-state index in [1.807, 2.05) is 0 Å². The zero-order valence-electron chi connectivity index (χ0n) is 6.39. The summed E-state index contributed by atoms with van der Waals surface area (Å²) in [6.45, 7) is -0.936. The average Bonchev–Trinajstić information content (AvgIpc) is 1.81. The molecule has 0 aliphatic carbocycles. The molecule has 0 aliphatic heterocycles. The normalized spacial score (nSPS) is 13.5. The first-order valence-electron chi connectivity index (χ1n) is 3.14. The van der Waals surface area contributed by atoms with Crippen LogP contribution in [-0.4, -0.2) is 24.7 Å². The Hall–Kier alpha value is -1.47. The van der Waals surface area contributed by atoms with Crippen LogP contribution in [0, 0.1) is 5.92 Å². The van der Waals surface area contributed by atoms with Gasteiger partial charge >= 0.3 is 12.2 Å². The number of carbonyl (C=O) groups is 2. The van der Waals surface area contributed by atoms with Gasteiger partial charge in [-0.3, -0.25) is 4.79 Å². The molecule has 5 nitrogen and oxygen atoms in total. The number of halogens is 3. The predicted octanol–water partition coefficient (Wildman–Crippen LogP) is -0.682. The highest BCUT2D eigenvalue weighted by molar-refractivity contribution is 5.79. The first-order chi connectivity index (χ1) is 5.75. The zero-order valence-corrected chi connectivity index (χ0v) is 6.39. The van der Waals surface area contributed by atoms with Crippen molar-refractivity contribution in [1.29, 1.82) is 0 Å². The van der Waals surface area contributed by atoms with E-state index in [1.165, 1.54) is 0 Å². The standard InChI is InChI=1S/C5H8F3N3O2/c6-5(7,8)2(3(9)12)1-11-4(10)13/h2H,1H2,(H2,9,12)(H3,10,11,13). The first-order valence-corrected chi connectivity index (χ1v) is 3.14. The molecule has 13 heavy (non-hydrogen) atoms. The quantitative estimate of drug-likeness (QED) is 0.561. The van der Waals surface area contributed by atoms with E-state index in [4.69, 9.17) is 0 Å². The number of primary amides is 2. The molecule has 0 aromatic rings. The molecular formula is C5H8F3N3O2. The van der Waals surface area contributed by atoms with Gasteiger partial charge < -0.3 is 16.8 Å². The second-order valence-electron chi connectivity index (χ2n) is 2.24. The molecule has 0 saturated carbocycles. The third-order valence-electron chi connectivity index (χ3n) is 1.22. The van der Waals surface area contributed by atoms with Crippen LogP contribution < -0.4 is 16.8 Å². The highest BCUT2D eigenvalue weighted by Gasteiger charge is 2.43.